The lowest BCUT2D eigenvalue weighted by Crippen LogP contribution is -2.21. The first-order valence-electron chi connectivity index (χ1n) is 5.59. The second kappa shape index (κ2) is 5.87. The number of nitrogens with zero attached hydrogens (tertiary/aromatic N) is 2. The molecule has 0 radical (unpaired) electrons. The zero-order valence-corrected chi connectivity index (χ0v) is 12.7. The van der Waals surface area contributed by atoms with Crippen LogP contribution in [0.1, 0.15) is 32.9 Å². The standard InChI is InChI=1S/C12H20N2OS2/c1-12(2,3)9-8-17-11(13-9)16-7-6-10(15)14(4)5/h8H,6-7H2,1-5H3. The number of hydrogen-bond donors (Lipinski definition) is 0. The lowest BCUT2D eigenvalue weighted by molar-refractivity contribution is -0.128. The van der Waals surface area contributed by atoms with Crippen molar-refractivity contribution in [1.29, 1.82) is 0 Å². The van der Waals surface area contributed by atoms with E-state index in [-0.39, 0.29) is 11.3 Å². The second-order valence-electron chi connectivity index (χ2n) is 5.14. The van der Waals surface area contributed by atoms with Crippen LogP contribution < -0.4 is 0 Å². The normalized spacial score (nSPS) is 11.6. The van der Waals surface area contributed by atoms with Gasteiger partial charge in [0.05, 0.1) is 5.69 Å². The van der Waals surface area contributed by atoms with Gasteiger partial charge in [0.2, 0.25) is 5.91 Å². The van der Waals surface area contributed by atoms with Gasteiger partial charge in [-0.05, 0) is 0 Å². The van der Waals surface area contributed by atoms with Gasteiger partial charge in [-0.2, -0.15) is 0 Å². The van der Waals surface area contributed by atoms with Gasteiger partial charge in [0, 0.05) is 37.1 Å². The minimum atomic E-state index is 0.106. The largest absolute Gasteiger partial charge is 0.349 e. The molecule has 0 aromatic carbocycles. The molecule has 1 heterocycles. The summed E-state index contributed by atoms with van der Waals surface area (Å²) >= 11 is 3.33. The van der Waals surface area contributed by atoms with Gasteiger partial charge in [0.25, 0.3) is 0 Å². The van der Waals surface area contributed by atoms with Crippen LogP contribution in [0.3, 0.4) is 0 Å². The Hall–Kier alpha value is -0.550. The minimum absolute atomic E-state index is 0.106. The van der Waals surface area contributed by atoms with Crippen LogP contribution in [0.4, 0.5) is 0 Å². The molecule has 17 heavy (non-hydrogen) atoms. The molecule has 1 aromatic rings. The highest BCUT2D eigenvalue weighted by Gasteiger charge is 2.17. The molecule has 1 amide bonds. The van der Waals surface area contributed by atoms with Gasteiger partial charge < -0.3 is 4.90 Å². The van der Waals surface area contributed by atoms with Crippen molar-refractivity contribution in [2.45, 2.75) is 36.9 Å². The Bertz CT molecular complexity index is 380. The van der Waals surface area contributed by atoms with Crippen LogP contribution in [0.2, 0.25) is 0 Å². The lowest BCUT2D eigenvalue weighted by atomic mass is 9.93. The quantitative estimate of drug-likeness (QED) is 0.790. The lowest BCUT2D eigenvalue weighted by Gasteiger charge is -2.14. The number of amides is 1. The van der Waals surface area contributed by atoms with E-state index >= 15 is 0 Å². The SMILES string of the molecule is CN(C)C(=O)CCSc1nc(C(C)(C)C)cs1. The minimum Gasteiger partial charge on any atom is -0.349 e. The number of carbonyl (C=O) groups excluding carboxylic acids is 1. The van der Waals surface area contributed by atoms with E-state index in [2.05, 4.69) is 31.1 Å². The summed E-state index contributed by atoms with van der Waals surface area (Å²) in [6.45, 7) is 6.48. The summed E-state index contributed by atoms with van der Waals surface area (Å²) in [5, 5.41) is 2.11. The first-order valence-corrected chi connectivity index (χ1v) is 7.46. The zero-order chi connectivity index (χ0) is 13.1. The molecule has 0 saturated carbocycles. The monoisotopic (exact) mass is 272 g/mol. The van der Waals surface area contributed by atoms with Crippen molar-refractivity contribution in [2.24, 2.45) is 0 Å². The molecular formula is C12H20N2OS2. The van der Waals surface area contributed by atoms with Gasteiger partial charge in [-0.15, -0.1) is 11.3 Å². The zero-order valence-electron chi connectivity index (χ0n) is 11.1. The average molecular weight is 272 g/mol. The van der Waals surface area contributed by atoms with Crippen LogP contribution in [0.25, 0.3) is 0 Å². The topological polar surface area (TPSA) is 33.2 Å². The Labute approximate surface area is 112 Å². The molecule has 0 aliphatic carbocycles. The van der Waals surface area contributed by atoms with Gasteiger partial charge in [0.15, 0.2) is 0 Å². The Morgan fingerprint density at radius 2 is 2.12 bits per heavy atom. The molecule has 0 atom stereocenters. The van der Waals surface area contributed by atoms with Crippen LogP contribution in [-0.2, 0) is 10.2 Å². The van der Waals surface area contributed by atoms with E-state index in [1.54, 1.807) is 42.1 Å². The third-order valence-corrected chi connectivity index (χ3v) is 4.31. The highest BCUT2D eigenvalue weighted by Crippen LogP contribution is 2.29. The smallest absolute Gasteiger partial charge is 0.222 e. The van der Waals surface area contributed by atoms with Crippen molar-refractivity contribution in [3.05, 3.63) is 11.1 Å². The maximum absolute atomic E-state index is 11.4. The number of hydrogen-bond acceptors (Lipinski definition) is 4. The number of aromatic nitrogens is 1. The Kier molecular flexibility index (Phi) is 5.01. The van der Waals surface area contributed by atoms with Gasteiger partial charge in [-0.3, -0.25) is 4.79 Å². The first-order chi connectivity index (χ1) is 7.80. The Balaban J connectivity index is 2.43. The highest BCUT2D eigenvalue weighted by molar-refractivity contribution is 8.01. The summed E-state index contributed by atoms with van der Waals surface area (Å²) in [4.78, 5) is 17.6. The summed E-state index contributed by atoms with van der Waals surface area (Å²) in [6.07, 6.45) is 0.572. The van der Waals surface area contributed by atoms with E-state index in [1.807, 2.05) is 0 Å². The van der Waals surface area contributed by atoms with Crippen molar-refractivity contribution >= 4 is 29.0 Å². The van der Waals surface area contributed by atoms with E-state index < -0.39 is 0 Å². The molecular weight excluding hydrogens is 252 g/mol. The summed E-state index contributed by atoms with van der Waals surface area (Å²) in [5.41, 5.74) is 1.23. The van der Waals surface area contributed by atoms with Crippen LogP contribution >= 0.6 is 23.1 Å². The maximum atomic E-state index is 11.4. The third kappa shape index (κ3) is 4.68. The summed E-state index contributed by atoms with van der Waals surface area (Å²) < 4.78 is 1.06. The van der Waals surface area contributed by atoms with Crippen molar-refractivity contribution < 1.29 is 4.79 Å². The number of carbonyl (C=O) groups is 1. The molecule has 1 rings (SSSR count). The van der Waals surface area contributed by atoms with E-state index in [0.29, 0.717) is 6.42 Å². The average Bonchev–Trinajstić information content (AvgIpc) is 2.65. The third-order valence-electron chi connectivity index (χ3n) is 2.29. The van der Waals surface area contributed by atoms with Gasteiger partial charge in [-0.1, -0.05) is 32.5 Å². The molecule has 0 bridgehead atoms. The Morgan fingerprint density at radius 1 is 1.47 bits per heavy atom. The van der Waals surface area contributed by atoms with E-state index in [9.17, 15) is 4.79 Å². The van der Waals surface area contributed by atoms with Crippen molar-refractivity contribution in [3.63, 3.8) is 0 Å². The van der Waals surface area contributed by atoms with Crippen LogP contribution in [0.15, 0.2) is 9.72 Å². The number of rotatable bonds is 4. The van der Waals surface area contributed by atoms with Crippen molar-refractivity contribution in [1.82, 2.24) is 9.88 Å². The Morgan fingerprint density at radius 3 is 2.59 bits per heavy atom. The van der Waals surface area contributed by atoms with Crippen LogP contribution in [-0.4, -0.2) is 35.6 Å². The van der Waals surface area contributed by atoms with E-state index in [4.69, 9.17) is 0 Å². The predicted octanol–water partition coefficient (Wildman–Crippen LogP) is 3.01. The van der Waals surface area contributed by atoms with Crippen LogP contribution in [0, 0.1) is 0 Å². The van der Waals surface area contributed by atoms with Gasteiger partial charge in [-0.25, -0.2) is 4.98 Å². The molecule has 0 fully saturated rings. The van der Waals surface area contributed by atoms with Crippen molar-refractivity contribution in [3.8, 4) is 0 Å². The molecule has 3 nitrogen and oxygen atoms in total. The first kappa shape index (κ1) is 14.5. The van der Waals surface area contributed by atoms with E-state index in [1.165, 1.54) is 0 Å². The molecule has 1 aromatic heterocycles. The molecule has 0 aliphatic rings. The van der Waals surface area contributed by atoms with Gasteiger partial charge >= 0.3 is 0 Å². The fourth-order valence-electron chi connectivity index (χ4n) is 1.12. The van der Waals surface area contributed by atoms with E-state index in [0.717, 1.165) is 15.8 Å². The van der Waals surface area contributed by atoms with Crippen LogP contribution in [0.5, 0.6) is 0 Å². The molecule has 5 heteroatoms. The molecule has 96 valence electrons. The molecule has 0 spiro atoms. The highest BCUT2D eigenvalue weighted by atomic mass is 32.2. The molecule has 0 aliphatic heterocycles. The second-order valence-corrected chi connectivity index (χ2v) is 7.34. The van der Waals surface area contributed by atoms with Crippen molar-refractivity contribution in [2.75, 3.05) is 19.8 Å². The summed E-state index contributed by atoms with van der Waals surface area (Å²) in [5.74, 6) is 0.971. The molecule has 0 saturated heterocycles. The number of thioether (sulfide) groups is 1. The molecule has 0 N–H and O–H groups in total. The molecule has 0 unspecified atom stereocenters. The predicted molar refractivity (Wildman–Crippen MR) is 74.8 cm³/mol. The fraction of sp³-hybridized carbons (Fsp3) is 0.667. The summed E-state index contributed by atoms with van der Waals surface area (Å²) in [6, 6.07) is 0. The number of thiazole rings is 1. The maximum Gasteiger partial charge on any atom is 0.222 e. The fourth-order valence-corrected chi connectivity index (χ4v) is 3.17. The van der Waals surface area contributed by atoms with Gasteiger partial charge in [0.1, 0.15) is 4.34 Å². The summed E-state index contributed by atoms with van der Waals surface area (Å²) in [7, 11) is 3.57.